The van der Waals surface area contributed by atoms with Gasteiger partial charge in [-0.25, -0.2) is 4.79 Å². The minimum atomic E-state index is -1.09. The highest BCUT2D eigenvalue weighted by Crippen LogP contribution is 2.32. The third-order valence-electron chi connectivity index (χ3n) is 4.23. The summed E-state index contributed by atoms with van der Waals surface area (Å²) in [7, 11) is 0. The molecule has 0 aromatic carbocycles. The molecule has 0 aromatic heterocycles. The molecule has 0 spiro atoms. The van der Waals surface area contributed by atoms with Gasteiger partial charge in [-0.05, 0) is 40.5 Å². The number of carboxylic acids is 1. The van der Waals surface area contributed by atoms with Crippen LogP contribution in [-0.2, 0) is 4.79 Å². The van der Waals surface area contributed by atoms with Gasteiger partial charge in [0.1, 0.15) is 0 Å². The number of hydrogen-bond donors (Lipinski definition) is 2. The molecule has 1 saturated carbocycles. The van der Waals surface area contributed by atoms with Crippen LogP contribution in [0.3, 0.4) is 0 Å². The lowest BCUT2D eigenvalue weighted by molar-refractivity contribution is -0.150. The first kappa shape index (κ1) is 16.3. The lowest BCUT2D eigenvalue weighted by Crippen LogP contribution is -2.60. The van der Waals surface area contributed by atoms with Crippen LogP contribution in [-0.4, -0.2) is 40.1 Å². The normalized spacial score (nSPS) is 15.3. The molecule has 1 fully saturated rings. The van der Waals surface area contributed by atoms with Crippen molar-refractivity contribution in [3.05, 3.63) is 0 Å². The number of carbonyl (C=O) groups excluding carboxylic acids is 1. The summed E-state index contributed by atoms with van der Waals surface area (Å²) in [6.07, 6.45) is 2.18. The van der Waals surface area contributed by atoms with Gasteiger partial charge >= 0.3 is 12.0 Å². The van der Waals surface area contributed by atoms with Crippen molar-refractivity contribution in [3.63, 3.8) is 0 Å². The Morgan fingerprint density at radius 3 is 2.30 bits per heavy atom. The van der Waals surface area contributed by atoms with Crippen LogP contribution in [0.2, 0.25) is 0 Å². The van der Waals surface area contributed by atoms with E-state index in [1.165, 1.54) is 0 Å². The van der Waals surface area contributed by atoms with Crippen molar-refractivity contribution in [1.82, 2.24) is 10.2 Å². The molecule has 0 heterocycles. The van der Waals surface area contributed by atoms with Crippen molar-refractivity contribution in [3.8, 4) is 6.07 Å². The minimum absolute atomic E-state index is 0.187. The second-order valence-electron chi connectivity index (χ2n) is 6.32. The molecule has 1 rings (SSSR count). The Balaban J connectivity index is 2.76. The fraction of sp³-hybridized carbons (Fsp3) is 0.786. The lowest BCUT2D eigenvalue weighted by atomic mass is 9.74. The number of hydrogen-bond acceptors (Lipinski definition) is 3. The number of nitrogens with zero attached hydrogens (tertiary/aromatic N) is 2. The zero-order chi connectivity index (χ0) is 15.6. The first-order chi connectivity index (χ1) is 9.13. The zero-order valence-corrected chi connectivity index (χ0v) is 12.6. The molecule has 0 saturated heterocycles. The molecule has 2 amide bonds. The third kappa shape index (κ3) is 3.41. The highest BCUT2D eigenvalue weighted by Gasteiger charge is 2.45. The van der Waals surface area contributed by atoms with Gasteiger partial charge in [-0.1, -0.05) is 0 Å². The van der Waals surface area contributed by atoms with Crippen molar-refractivity contribution in [2.24, 2.45) is 5.41 Å². The predicted octanol–water partition coefficient (Wildman–Crippen LogP) is 1.96. The molecule has 0 unspecified atom stereocenters. The van der Waals surface area contributed by atoms with Crippen molar-refractivity contribution in [2.75, 3.05) is 6.54 Å². The Morgan fingerprint density at radius 2 is 1.90 bits per heavy atom. The number of rotatable bonds is 6. The summed E-state index contributed by atoms with van der Waals surface area (Å²) in [5.74, 6) is -0.960. The van der Waals surface area contributed by atoms with Gasteiger partial charge in [0, 0.05) is 12.6 Å². The van der Waals surface area contributed by atoms with E-state index in [-0.39, 0.29) is 18.5 Å². The van der Waals surface area contributed by atoms with Crippen molar-refractivity contribution >= 4 is 12.0 Å². The summed E-state index contributed by atoms with van der Waals surface area (Å²) in [6, 6.07) is 1.93. The standard InChI is InChI=1S/C14H23N3O3/c1-13(2,11(18)19)14(3,4)16-12(20)17(9-5-8-15)10-6-7-10/h10H,5-7,9H2,1-4H3,(H,16,20)(H,18,19). The van der Waals surface area contributed by atoms with E-state index >= 15 is 0 Å². The Morgan fingerprint density at radius 1 is 1.35 bits per heavy atom. The highest BCUT2D eigenvalue weighted by molar-refractivity contribution is 5.80. The van der Waals surface area contributed by atoms with E-state index in [1.54, 1.807) is 32.6 Å². The molecule has 2 N–H and O–H groups in total. The van der Waals surface area contributed by atoms with Crippen LogP contribution < -0.4 is 5.32 Å². The van der Waals surface area contributed by atoms with Gasteiger partial charge in [0.2, 0.25) is 0 Å². The van der Waals surface area contributed by atoms with Crippen LogP contribution in [0.5, 0.6) is 0 Å². The maximum Gasteiger partial charge on any atom is 0.318 e. The average molecular weight is 281 g/mol. The van der Waals surface area contributed by atoms with Crippen molar-refractivity contribution < 1.29 is 14.7 Å². The van der Waals surface area contributed by atoms with Crippen LogP contribution in [0, 0.1) is 16.7 Å². The largest absolute Gasteiger partial charge is 0.481 e. The molecule has 112 valence electrons. The molecular weight excluding hydrogens is 258 g/mol. The van der Waals surface area contributed by atoms with Crippen molar-refractivity contribution in [1.29, 1.82) is 5.26 Å². The molecule has 0 bridgehead atoms. The molecule has 0 radical (unpaired) electrons. The quantitative estimate of drug-likeness (QED) is 0.778. The van der Waals surface area contributed by atoms with Crippen molar-refractivity contribution in [2.45, 2.75) is 58.5 Å². The number of carbonyl (C=O) groups is 2. The summed E-state index contributed by atoms with van der Waals surface area (Å²) >= 11 is 0. The minimum Gasteiger partial charge on any atom is -0.481 e. The van der Waals surface area contributed by atoms with Crippen LogP contribution in [0.4, 0.5) is 4.79 Å². The molecule has 6 nitrogen and oxygen atoms in total. The van der Waals surface area contributed by atoms with Gasteiger partial charge in [-0.3, -0.25) is 4.79 Å². The Kier molecular flexibility index (Phi) is 4.64. The van der Waals surface area contributed by atoms with Gasteiger partial charge in [0.05, 0.1) is 23.4 Å². The number of nitrogens with one attached hydrogen (secondary N) is 1. The third-order valence-corrected chi connectivity index (χ3v) is 4.23. The molecule has 1 aliphatic carbocycles. The molecular formula is C14H23N3O3. The summed E-state index contributed by atoms with van der Waals surface area (Å²) in [5.41, 5.74) is -1.98. The molecule has 6 heteroatoms. The summed E-state index contributed by atoms with van der Waals surface area (Å²) in [4.78, 5) is 25.3. The fourth-order valence-corrected chi connectivity index (χ4v) is 1.77. The van der Waals surface area contributed by atoms with Gasteiger partial charge < -0.3 is 15.3 Å². The first-order valence-electron chi connectivity index (χ1n) is 6.82. The Labute approximate surface area is 119 Å². The Bertz CT molecular complexity index is 433. The Hall–Kier alpha value is -1.77. The van der Waals surface area contributed by atoms with Crippen LogP contribution in [0.15, 0.2) is 0 Å². The van der Waals surface area contributed by atoms with E-state index in [4.69, 9.17) is 5.26 Å². The fourth-order valence-electron chi connectivity index (χ4n) is 1.77. The van der Waals surface area contributed by atoms with Gasteiger partial charge in [0.25, 0.3) is 0 Å². The SMILES string of the molecule is CC(C)(NC(=O)N(CCC#N)C1CC1)C(C)(C)C(=O)O. The van der Waals surface area contributed by atoms with E-state index in [0.717, 1.165) is 12.8 Å². The second-order valence-corrected chi connectivity index (χ2v) is 6.32. The molecule has 0 atom stereocenters. The van der Waals surface area contributed by atoms with Gasteiger partial charge in [0.15, 0.2) is 0 Å². The number of carboxylic acid groups (broad SMARTS) is 1. The maximum atomic E-state index is 12.3. The van der Waals surface area contributed by atoms with Crippen LogP contribution in [0.25, 0.3) is 0 Å². The topological polar surface area (TPSA) is 93.4 Å². The highest BCUT2D eigenvalue weighted by atomic mass is 16.4. The molecule has 1 aliphatic rings. The molecule has 0 aromatic rings. The first-order valence-corrected chi connectivity index (χ1v) is 6.82. The van der Waals surface area contributed by atoms with E-state index < -0.39 is 16.9 Å². The second kappa shape index (κ2) is 5.70. The monoisotopic (exact) mass is 281 g/mol. The van der Waals surface area contributed by atoms with Gasteiger partial charge in [-0.2, -0.15) is 5.26 Å². The van der Waals surface area contributed by atoms with E-state index in [2.05, 4.69) is 5.32 Å². The van der Waals surface area contributed by atoms with E-state index in [1.807, 2.05) is 6.07 Å². The maximum absolute atomic E-state index is 12.3. The van der Waals surface area contributed by atoms with E-state index in [0.29, 0.717) is 6.54 Å². The summed E-state index contributed by atoms with van der Waals surface area (Å²) in [5, 5.41) is 20.7. The molecule has 20 heavy (non-hydrogen) atoms. The van der Waals surface area contributed by atoms with Gasteiger partial charge in [-0.15, -0.1) is 0 Å². The smallest absolute Gasteiger partial charge is 0.318 e. The predicted molar refractivity (Wildman–Crippen MR) is 74.0 cm³/mol. The van der Waals surface area contributed by atoms with Crippen LogP contribution >= 0.6 is 0 Å². The van der Waals surface area contributed by atoms with Crippen LogP contribution in [0.1, 0.15) is 47.0 Å². The number of amides is 2. The summed E-state index contributed by atoms with van der Waals surface area (Å²) < 4.78 is 0. The number of aliphatic carboxylic acids is 1. The zero-order valence-electron chi connectivity index (χ0n) is 12.6. The summed E-state index contributed by atoms with van der Waals surface area (Å²) in [6.45, 7) is 6.97. The number of nitriles is 1. The number of urea groups is 1. The molecule has 0 aliphatic heterocycles. The average Bonchev–Trinajstić information content (AvgIpc) is 3.12. The lowest BCUT2D eigenvalue weighted by Gasteiger charge is -2.40. The van der Waals surface area contributed by atoms with E-state index in [9.17, 15) is 14.7 Å².